The lowest BCUT2D eigenvalue weighted by Crippen LogP contribution is -2.28. The zero-order chi connectivity index (χ0) is 20.5. The molecule has 2 N–H and O–H groups in total. The minimum Gasteiger partial charge on any atom is -0.490 e. The number of pyridine rings is 2. The number of rotatable bonds is 5. The highest BCUT2D eigenvalue weighted by atomic mass is 35.5. The van der Waals surface area contributed by atoms with Crippen LogP contribution in [0, 0.1) is 5.82 Å². The molecule has 31 heavy (non-hydrogen) atoms. The number of aromatic nitrogens is 3. The maximum absolute atomic E-state index is 14.9. The van der Waals surface area contributed by atoms with Crippen molar-refractivity contribution in [3.63, 3.8) is 0 Å². The number of nitrogens with zero attached hydrogens (tertiary/aromatic N) is 2. The van der Waals surface area contributed by atoms with Crippen LogP contribution in [0.3, 0.4) is 0 Å². The van der Waals surface area contributed by atoms with Gasteiger partial charge in [-0.25, -0.2) is 4.39 Å². The molecule has 1 aliphatic rings. The minimum atomic E-state index is -0.362. The van der Waals surface area contributed by atoms with Crippen LogP contribution in [-0.2, 0) is 0 Å². The predicted octanol–water partition coefficient (Wildman–Crippen LogP) is 5.64. The van der Waals surface area contributed by atoms with E-state index in [0.29, 0.717) is 40.1 Å². The Hall–Kier alpha value is -2.67. The van der Waals surface area contributed by atoms with Crippen molar-refractivity contribution >= 4 is 35.0 Å². The van der Waals surface area contributed by atoms with Gasteiger partial charge in [0.2, 0.25) is 0 Å². The first-order valence-corrected chi connectivity index (χ1v) is 10.3. The average molecular weight is 459 g/mol. The quantitative estimate of drug-likeness (QED) is 0.406. The van der Waals surface area contributed by atoms with E-state index in [9.17, 15) is 4.39 Å². The summed E-state index contributed by atoms with van der Waals surface area (Å²) in [4.78, 5) is 12.1. The van der Waals surface area contributed by atoms with Crippen molar-refractivity contribution in [2.45, 2.75) is 18.9 Å². The first-order chi connectivity index (χ1) is 14.7. The van der Waals surface area contributed by atoms with Gasteiger partial charge in [-0.15, -0.1) is 12.4 Å². The first-order valence-electron chi connectivity index (χ1n) is 9.93. The van der Waals surface area contributed by atoms with Crippen LogP contribution in [0.1, 0.15) is 12.8 Å². The maximum atomic E-state index is 14.9. The molecule has 0 radical (unpaired) electrons. The molecule has 0 bridgehead atoms. The molecule has 0 unspecified atom stereocenters. The minimum absolute atomic E-state index is 0. The Bertz CT molecular complexity index is 1210. The highest BCUT2D eigenvalue weighted by molar-refractivity contribution is 6.31. The molecule has 1 saturated heterocycles. The van der Waals surface area contributed by atoms with Gasteiger partial charge in [0.15, 0.2) is 0 Å². The van der Waals surface area contributed by atoms with E-state index in [1.54, 1.807) is 24.7 Å². The first kappa shape index (κ1) is 21.6. The lowest BCUT2D eigenvalue weighted by molar-refractivity contribution is 0.277. The van der Waals surface area contributed by atoms with Crippen molar-refractivity contribution in [3.8, 4) is 28.1 Å². The van der Waals surface area contributed by atoms with Crippen molar-refractivity contribution in [1.29, 1.82) is 0 Å². The Morgan fingerprint density at radius 3 is 2.90 bits per heavy atom. The van der Waals surface area contributed by atoms with Crippen molar-refractivity contribution in [3.05, 3.63) is 65.8 Å². The number of nitrogens with one attached hydrogen (secondary N) is 2. The summed E-state index contributed by atoms with van der Waals surface area (Å²) in [5, 5.41) is 3.89. The van der Waals surface area contributed by atoms with Crippen molar-refractivity contribution < 1.29 is 9.13 Å². The van der Waals surface area contributed by atoms with Crippen LogP contribution in [0.25, 0.3) is 33.4 Å². The van der Waals surface area contributed by atoms with Crippen LogP contribution in [0.4, 0.5) is 4.39 Å². The monoisotopic (exact) mass is 458 g/mol. The number of benzene rings is 1. The fraction of sp³-hybridized carbons (Fsp3) is 0.217. The number of hydrogen-bond donors (Lipinski definition) is 2. The third-order valence-electron chi connectivity index (χ3n) is 5.41. The second-order valence-electron chi connectivity index (χ2n) is 7.37. The van der Waals surface area contributed by atoms with Crippen LogP contribution in [-0.4, -0.2) is 34.1 Å². The second kappa shape index (κ2) is 9.22. The molecule has 4 heterocycles. The number of ether oxygens (including phenoxy) is 1. The van der Waals surface area contributed by atoms with E-state index >= 15 is 0 Å². The van der Waals surface area contributed by atoms with E-state index < -0.39 is 0 Å². The zero-order valence-corrected chi connectivity index (χ0v) is 18.1. The van der Waals surface area contributed by atoms with Gasteiger partial charge in [-0.3, -0.25) is 9.97 Å². The summed E-state index contributed by atoms with van der Waals surface area (Å²) in [6, 6.07) is 10.5. The van der Waals surface area contributed by atoms with Gasteiger partial charge in [0.25, 0.3) is 0 Å². The molecule has 1 aromatic carbocycles. The van der Waals surface area contributed by atoms with E-state index in [-0.39, 0.29) is 18.2 Å². The molecule has 8 heteroatoms. The Morgan fingerprint density at radius 1 is 1.16 bits per heavy atom. The van der Waals surface area contributed by atoms with Crippen molar-refractivity contribution in [1.82, 2.24) is 20.3 Å². The van der Waals surface area contributed by atoms with E-state index in [4.69, 9.17) is 16.3 Å². The molecule has 0 amide bonds. The largest absolute Gasteiger partial charge is 0.490 e. The third kappa shape index (κ3) is 4.24. The summed E-state index contributed by atoms with van der Waals surface area (Å²) in [5.41, 5.74) is 4.05. The van der Waals surface area contributed by atoms with Gasteiger partial charge in [-0.2, -0.15) is 0 Å². The smallest absolute Gasteiger partial charge is 0.146 e. The Kier molecular flexibility index (Phi) is 6.41. The summed E-state index contributed by atoms with van der Waals surface area (Å²) < 4.78 is 21.0. The van der Waals surface area contributed by atoms with Crippen LogP contribution in [0.5, 0.6) is 5.75 Å². The number of halogens is 3. The summed E-state index contributed by atoms with van der Waals surface area (Å²) in [6.07, 6.45) is 7.33. The molecule has 0 saturated carbocycles. The highest BCUT2D eigenvalue weighted by Gasteiger charge is 2.22. The van der Waals surface area contributed by atoms with Crippen molar-refractivity contribution in [2.75, 3.05) is 13.2 Å². The lowest BCUT2D eigenvalue weighted by Gasteiger charge is -2.15. The molecule has 160 valence electrons. The van der Waals surface area contributed by atoms with Gasteiger partial charge >= 0.3 is 0 Å². The number of fused-ring (bicyclic) bond motifs is 1. The van der Waals surface area contributed by atoms with E-state index in [1.807, 2.05) is 18.2 Å². The zero-order valence-electron chi connectivity index (χ0n) is 16.6. The van der Waals surface area contributed by atoms with E-state index in [0.717, 1.165) is 36.2 Å². The molecule has 5 nitrogen and oxygen atoms in total. The molecule has 5 rings (SSSR count). The third-order valence-corrected chi connectivity index (χ3v) is 5.64. The highest BCUT2D eigenvalue weighted by Crippen LogP contribution is 2.42. The Labute approximate surface area is 190 Å². The van der Waals surface area contributed by atoms with Gasteiger partial charge in [0.1, 0.15) is 18.2 Å². The van der Waals surface area contributed by atoms with Gasteiger partial charge in [-0.1, -0.05) is 11.6 Å². The van der Waals surface area contributed by atoms with E-state index in [2.05, 4.69) is 20.3 Å². The maximum Gasteiger partial charge on any atom is 0.146 e. The lowest BCUT2D eigenvalue weighted by atomic mass is 10.00. The van der Waals surface area contributed by atoms with Gasteiger partial charge in [0.05, 0.1) is 22.9 Å². The van der Waals surface area contributed by atoms with E-state index in [1.165, 1.54) is 12.1 Å². The standard InChI is InChI=1S/C23H20ClFN4O.ClH/c24-14-5-6-18(25)17(11-14)21-22(29-19-4-2-9-28-23(19)21)16-7-10-26-12-20(16)30-13-15-3-1-8-27-15;/h2,4-7,9-12,15,27,29H,1,3,8,13H2;1H/t15-;/m0./s1. The number of hydrogen-bond acceptors (Lipinski definition) is 4. The summed E-state index contributed by atoms with van der Waals surface area (Å²) >= 11 is 6.20. The van der Waals surface area contributed by atoms with Crippen LogP contribution >= 0.6 is 24.0 Å². The number of H-pyrrole nitrogens is 1. The molecule has 1 atom stereocenters. The average Bonchev–Trinajstić information content (AvgIpc) is 3.42. The second-order valence-corrected chi connectivity index (χ2v) is 7.81. The number of aromatic amines is 1. The SMILES string of the molecule is Cl.Fc1ccc(Cl)cc1-c1c(-c2ccncc2OC[C@@H]2CCCN2)[nH]c2cccnc12. The predicted molar refractivity (Wildman–Crippen MR) is 123 cm³/mol. The fourth-order valence-electron chi connectivity index (χ4n) is 3.97. The van der Waals surface area contributed by atoms with Crippen molar-refractivity contribution in [2.24, 2.45) is 0 Å². The van der Waals surface area contributed by atoms with Crippen LogP contribution in [0.15, 0.2) is 55.0 Å². The molecule has 1 fully saturated rings. The summed E-state index contributed by atoms with van der Waals surface area (Å²) in [6.45, 7) is 1.57. The normalized spacial score (nSPS) is 15.7. The Morgan fingerprint density at radius 2 is 2.06 bits per heavy atom. The van der Waals surface area contributed by atoms with Gasteiger partial charge in [-0.05, 0) is 55.8 Å². The summed E-state index contributed by atoms with van der Waals surface area (Å²) in [5.74, 6) is 0.278. The molecule has 3 aromatic heterocycles. The molecule has 1 aliphatic heterocycles. The molecule has 0 aliphatic carbocycles. The molecular weight excluding hydrogens is 438 g/mol. The van der Waals surface area contributed by atoms with Gasteiger partial charge < -0.3 is 15.0 Å². The fourth-order valence-corrected chi connectivity index (χ4v) is 4.14. The topological polar surface area (TPSA) is 62.8 Å². The Balaban J connectivity index is 0.00000231. The molecule has 0 spiro atoms. The van der Waals surface area contributed by atoms with Crippen LogP contribution < -0.4 is 10.1 Å². The molecule has 4 aromatic rings. The van der Waals surface area contributed by atoms with Gasteiger partial charge in [0, 0.05) is 40.1 Å². The van der Waals surface area contributed by atoms with Crippen LogP contribution in [0.2, 0.25) is 5.02 Å². The molecular formula is C23H21Cl2FN4O. The summed E-state index contributed by atoms with van der Waals surface area (Å²) in [7, 11) is 0.